The number of carbonyl (C=O) groups excluding carboxylic acids is 1. The molecule has 0 aliphatic heterocycles. The van der Waals surface area contributed by atoms with E-state index < -0.39 is 23.3 Å². The van der Waals surface area contributed by atoms with Crippen LogP contribution in [0.1, 0.15) is 40.5 Å². The summed E-state index contributed by atoms with van der Waals surface area (Å²) in [6, 6.07) is -0.719. The van der Waals surface area contributed by atoms with Crippen molar-refractivity contribution < 1.29 is 14.7 Å². The SMILES string of the molecule is C/C(=N\NC(N)=O)[C@]1(C)CC[C@@H](C(=O)O)C1(C)C. The fraction of sp³-hybridized carbons (Fsp3) is 0.750. The van der Waals surface area contributed by atoms with Crippen molar-refractivity contribution in [1.29, 1.82) is 0 Å². The molecule has 6 nitrogen and oxygen atoms in total. The lowest BCUT2D eigenvalue weighted by molar-refractivity contribution is -0.145. The van der Waals surface area contributed by atoms with E-state index >= 15 is 0 Å². The van der Waals surface area contributed by atoms with E-state index in [4.69, 9.17) is 5.73 Å². The lowest BCUT2D eigenvalue weighted by atomic mass is 9.63. The van der Waals surface area contributed by atoms with Gasteiger partial charge in [-0.2, -0.15) is 5.10 Å². The van der Waals surface area contributed by atoms with Crippen LogP contribution in [0.4, 0.5) is 4.79 Å². The number of nitrogens with two attached hydrogens (primary N) is 1. The molecule has 2 amide bonds. The van der Waals surface area contributed by atoms with Crippen LogP contribution in [0, 0.1) is 16.7 Å². The second kappa shape index (κ2) is 4.59. The van der Waals surface area contributed by atoms with Crippen molar-refractivity contribution in [1.82, 2.24) is 5.43 Å². The average Bonchev–Trinajstić information content (AvgIpc) is 2.47. The summed E-state index contributed by atoms with van der Waals surface area (Å²) in [5, 5.41) is 13.2. The fourth-order valence-electron chi connectivity index (χ4n) is 2.84. The molecule has 0 radical (unpaired) electrons. The monoisotopic (exact) mass is 255 g/mol. The molecular formula is C12H21N3O3. The lowest BCUT2D eigenvalue weighted by Gasteiger charge is -2.40. The van der Waals surface area contributed by atoms with Gasteiger partial charge in [0, 0.05) is 11.1 Å². The maximum Gasteiger partial charge on any atom is 0.332 e. The number of amides is 2. The van der Waals surface area contributed by atoms with Crippen LogP contribution in [0.5, 0.6) is 0 Å². The Morgan fingerprint density at radius 3 is 2.33 bits per heavy atom. The van der Waals surface area contributed by atoms with E-state index in [1.54, 1.807) is 6.92 Å². The number of urea groups is 1. The van der Waals surface area contributed by atoms with Crippen molar-refractivity contribution in [2.24, 2.45) is 27.6 Å². The van der Waals surface area contributed by atoms with Gasteiger partial charge in [-0.05, 0) is 25.2 Å². The second-order valence-corrected chi connectivity index (χ2v) is 5.66. The Morgan fingerprint density at radius 1 is 1.39 bits per heavy atom. The molecule has 1 rings (SSSR count). The average molecular weight is 255 g/mol. The molecule has 4 N–H and O–H groups in total. The summed E-state index contributed by atoms with van der Waals surface area (Å²) in [6.45, 7) is 7.64. The van der Waals surface area contributed by atoms with Crippen LogP contribution in [-0.4, -0.2) is 22.8 Å². The van der Waals surface area contributed by atoms with Crippen molar-refractivity contribution in [2.75, 3.05) is 0 Å². The molecule has 1 saturated carbocycles. The highest BCUT2D eigenvalue weighted by atomic mass is 16.4. The van der Waals surface area contributed by atoms with Crippen LogP contribution < -0.4 is 11.2 Å². The fourth-order valence-corrected chi connectivity index (χ4v) is 2.84. The van der Waals surface area contributed by atoms with Crippen molar-refractivity contribution in [3.05, 3.63) is 0 Å². The first-order chi connectivity index (χ1) is 8.13. The van der Waals surface area contributed by atoms with Crippen molar-refractivity contribution in [2.45, 2.75) is 40.5 Å². The molecule has 0 saturated heterocycles. The van der Waals surface area contributed by atoms with Gasteiger partial charge in [-0.15, -0.1) is 0 Å². The van der Waals surface area contributed by atoms with E-state index in [1.807, 2.05) is 20.8 Å². The van der Waals surface area contributed by atoms with Gasteiger partial charge >= 0.3 is 12.0 Å². The molecule has 0 aromatic heterocycles. The number of nitrogens with zero attached hydrogens (tertiary/aromatic N) is 1. The molecule has 0 bridgehead atoms. The third-order valence-electron chi connectivity index (χ3n) is 4.66. The Morgan fingerprint density at radius 2 is 1.94 bits per heavy atom. The van der Waals surface area contributed by atoms with Crippen LogP contribution in [0.3, 0.4) is 0 Å². The largest absolute Gasteiger partial charge is 0.481 e. The lowest BCUT2D eigenvalue weighted by Crippen LogP contribution is -2.42. The van der Waals surface area contributed by atoms with Gasteiger partial charge in [0.15, 0.2) is 0 Å². The topological polar surface area (TPSA) is 105 Å². The predicted molar refractivity (Wildman–Crippen MR) is 68.1 cm³/mol. The molecule has 6 heteroatoms. The number of nitrogens with one attached hydrogen (secondary N) is 1. The smallest absolute Gasteiger partial charge is 0.332 e. The van der Waals surface area contributed by atoms with Gasteiger partial charge in [-0.3, -0.25) is 4.79 Å². The summed E-state index contributed by atoms with van der Waals surface area (Å²) in [4.78, 5) is 21.9. The number of primary amides is 1. The van der Waals surface area contributed by atoms with Crippen LogP contribution >= 0.6 is 0 Å². The molecule has 0 spiro atoms. The molecule has 0 aromatic rings. The number of hydrogen-bond acceptors (Lipinski definition) is 3. The number of rotatable bonds is 3. The second-order valence-electron chi connectivity index (χ2n) is 5.66. The summed E-state index contributed by atoms with van der Waals surface area (Å²) >= 11 is 0. The Kier molecular flexibility index (Phi) is 3.69. The standard InChI is InChI=1S/C12H21N3O3/c1-7(14-15-10(13)18)12(4)6-5-8(9(16)17)11(12,2)3/h8H,5-6H2,1-4H3,(H,16,17)(H3,13,15,18)/b14-7+/t8-,12-/m0/s1. The van der Waals surface area contributed by atoms with Crippen molar-refractivity contribution in [3.8, 4) is 0 Å². The summed E-state index contributed by atoms with van der Waals surface area (Å²) in [5.41, 5.74) is 7.10. The zero-order valence-electron chi connectivity index (χ0n) is 11.3. The maximum absolute atomic E-state index is 11.3. The van der Waals surface area contributed by atoms with Gasteiger partial charge in [-0.25, -0.2) is 10.2 Å². The Bertz CT molecular complexity index is 403. The number of hydrazone groups is 1. The van der Waals surface area contributed by atoms with Crippen LogP contribution in [0.15, 0.2) is 5.10 Å². The number of carboxylic acid groups (broad SMARTS) is 1. The zero-order valence-corrected chi connectivity index (χ0v) is 11.3. The first kappa shape index (κ1) is 14.5. The number of hydrogen-bond donors (Lipinski definition) is 3. The van der Waals surface area contributed by atoms with Gasteiger partial charge in [-0.1, -0.05) is 20.8 Å². The van der Waals surface area contributed by atoms with Gasteiger partial charge in [0.05, 0.1) is 5.92 Å². The third-order valence-corrected chi connectivity index (χ3v) is 4.66. The van der Waals surface area contributed by atoms with Crippen LogP contribution in [-0.2, 0) is 4.79 Å². The molecule has 0 unspecified atom stereocenters. The number of carboxylic acids is 1. The summed E-state index contributed by atoms with van der Waals surface area (Å²) in [7, 11) is 0. The van der Waals surface area contributed by atoms with Gasteiger partial charge in [0.25, 0.3) is 0 Å². The minimum absolute atomic E-state index is 0.363. The van der Waals surface area contributed by atoms with E-state index in [2.05, 4.69) is 10.5 Å². The highest BCUT2D eigenvalue weighted by molar-refractivity contribution is 5.91. The molecule has 18 heavy (non-hydrogen) atoms. The van der Waals surface area contributed by atoms with E-state index in [0.29, 0.717) is 12.1 Å². The molecule has 0 heterocycles. The first-order valence-corrected chi connectivity index (χ1v) is 5.96. The number of carbonyl (C=O) groups is 2. The van der Waals surface area contributed by atoms with Crippen LogP contribution in [0.2, 0.25) is 0 Å². The van der Waals surface area contributed by atoms with E-state index in [1.165, 1.54) is 0 Å². The van der Waals surface area contributed by atoms with E-state index in [0.717, 1.165) is 6.42 Å². The molecule has 1 aliphatic rings. The van der Waals surface area contributed by atoms with E-state index in [-0.39, 0.29) is 5.41 Å². The molecule has 102 valence electrons. The normalized spacial score (nSPS) is 31.1. The maximum atomic E-state index is 11.3. The zero-order chi connectivity index (χ0) is 14.1. The van der Waals surface area contributed by atoms with E-state index in [9.17, 15) is 14.7 Å². The molecule has 1 aliphatic carbocycles. The summed E-state index contributed by atoms with van der Waals surface area (Å²) in [5.74, 6) is -1.18. The molecule has 1 fully saturated rings. The predicted octanol–water partition coefficient (Wildman–Crippen LogP) is 1.56. The summed E-state index contributed by atoms with van der Waals surface area (Å²) < 4.78 is 0. The minimum Gasteiger partial charge on any atom is -0.481 e. The van der Waals surface area contributed by atoms with Gasteiger partial charge in [0.2, 0.25) is 0 Å². The summed E-state index contributed by atoms with van der Waals surface area (Å²) in [6.07, 6.45) is 1.34. The quantitative estimate of drug-likeness (QED) is 0.526. The van der Waals surface area contributed by atoms with Crippen molar-refractivity contribution >= 4 is 17.7 Å². The first-order valence-electron chi connectivity index (χ1n) is 5.96. The highest BCUT2D eigenvalue weighted by Gasteiger charge is 2.55. The van der Waals surface area contributed by atoms with Gasteiger partial charge < -0.3 is 10.8 Å². The molecule has 0 aromatic carbocycles. The van der Waals surface area contributed by atoms with Gasteiger partial charge in [0.1, 0.15) is 0 Å². The molecule has 2 atom stereocenters. The third kappa shape index (κ3) is 2.19. The Hall–Kier alpha value is -1.59. The Labute approximate surface area is 107 Å². The molecular weight excluding hydrogens is 234 g/mol. The minimum atomic E-state index is -0.778. The number of aliphatic carboxylic acids is 1. The Balaban J connectivity index is 3.04. The van der Waals surface area contributed by atoms with Crippen molar-refractivity contribution in [3.63, 3.8) is 0 Å². The highest BCUT2D eigenvalue weighted by Crippen LogP contribution is 2.56. The van der Waals surface area contributed by atoms with Crippen LogP contribution in [0.25, 0.3) is 0 Å².